The molecular formula is C68H124O9. The van der Waals surface area contributed by atoms with Crippen molar-refractivity contribution in [1.82, 2.24) is 0 Å². The fraction of sp³-hybridized carbons (Fsp3) is 1.00. The molecule has 30 unspecified atom stereocenters. The average Bonchev–Trinajstić information content (AvgIpc) is 4.35. The zero-order valence-electron chi connectivity index (χ0n) is 51.6. The molecule has 0 amide bonds. The summed E-state index contributed by atoms with van der Waals surface area (Å²) >= 11 is 0. The van der Waals surface area contributed by atoms with Gasteiger partial charge in [0.2, 0.25) is 0 Å². The van der Waals surface area contributed by atoms with Crippen molar-refractivity contribution in [2.45, 2.75) is 186 Å². The van der Waals surface area contributed by atoms with E-state index in [1.165, 1.54) is 83.5 Å². The molecular weight excluding hydrogens is 961 g/mol. The normalized spacial score (nSPS) is 49.2. The third-order valence-corrected chi connectivity index (χ3v) is 27.4. The fourth-order valence-electron chi connectivity index (χ4n) is 21.5. The molecule has 0 aromatic heterocycles. The lowest BCUT2D eigenvalue weighted by Crippen LogP contribution is -2.27. The Balaban J connectivity index is 0.000000134. The quantitative estimate of drug-likeness (QED) is 0.0618. The van der Waals surface area contributed by atoms with Gasteiger partial charge in [0.05, 0.1) is 19.8 Å². The van der Waals surface area contributed by atoms with E-state index in [1.54, 1.807) is 0 Å². The minimum atomic E-state index is -0.118. The van der Waals surface area contributed by atoms with Crippen LogP contribution in [0.15, 0.2) is 0 Å². The molecule has 0 aliphatic heterocycles. The predicted molar refractivity (Wildman–Crippen MR) is 312 cm³/mol. The van der Waals surface area contributed by atoms with Crippen LogP contribution in [0.1, 0.15) is 186 Å². The minimum absolute atomic E-state index is 0.113. The number of rotatable bonds is 17. The highest BCUT2D eigenvalue weighted by molar-refractivity contribution is 5.02. The Morgan fingerprint density at radius 1 is 0.273 bits per heavy atom. The van der Waals surface area contributed by atoms with E-state index >= 15 is 0 Å². The second-order valence-electron chi connectivity index (χ2n) is 29.9. The topological polar surface area (TPSA) is 149 Å². The third-order valence-electron chi connectivity index (χ3n) is 27.4. The van der Waals surface area contributed by atoms with Crippen LogP contribution in [-0.4, -0.2) is 97.1 Å². The molecule has 12 fully saturated rings. The van der Waals surface area contributed by atoms with Gasteiger partial charge in [-0.3, -0.25) is 0 Å². The summed E-state index contributed by atoms with van der Waals surface area (Å²) in [7, 11) is 0. The van der Waals surface area contributed by atoms with Crippen LogP contribution >= 0.6 is 0 Å². The Morgan fingerprint density at radius 2 is 0.584 bits per heavy atom. The molecule has 9 nitrogen and oxygen atoms in total. The van der Waals surface area contributed by atoms with Gasteiger partial charge in [-0.2, -0.15) is 0 Å². The first-order valence-electron chi connectivity index (χ1n) is 33.3. The summed E-state index contributed by atoms with van der Waals surface area (Å²) in [6.45, 7) is 32.8. The maximum Gasteiger partial charge on any atom is 0.143 e. The predicted octanol–water partition coefficient (Wildman–Crippen LogP) is 13.0. The summed E-state index contributed by atoms with van der Waals surface area (Å²) in [4.78, 5) is 0. The van der Waals surface area contributed by atoms with E-state index in [9.17, 15) is 0 Å². The minimum Gasteiger partial charge on any atom is -0.396 e. The molecule has 12 aliphatic carbocycles. The van der Waals surface area contributed by atoms with Gasteiger partial charge in [0.1, 0.15) is 13.6 Å². The monoisotopic (exact) mass is 1080 g/mol. The number of ether oxygens (including phenoxy) is 3. The van der Waals surface area contributed by atoms with Crippen molar-refractivity contribution in [1.29, 1.82) is 0 Å². The van der Waals surface area contributed by atoms with Crippen molar-refractivity contribution in [3.63, 3.8) is 0 Å². The summed E-state index contributed by atoms with van der Waals surface area (Å²) in [6, 6.07) is 0. The van der Waals surface area contributed by atoms with E-state index in [0.29, 0.717) is 32.3 Å². The molecule has 0 saturated heterocycles. The molecule has 0 spiro atoms. The fourth-order valence-corrected chi connectivity index (χ4v) is 21.5. The average molecular weight is 1090 g/mol. The molecule has 9 heteroatoms. The Hall–Kier alpha value is -0.360. The molecule has 12 saturated carbocycles. The van der Waals surface area contributed by atoms with Gasteiger partial charge in [0, 0.05) is 33.0 Å². The number of aliphatic hydroxyl groups excluding tert-OH is 6. The smallest absolute Gasteiger partial charge is 0.143 e. The molecule has 450 valence electrons. The van der Waals surface area contributed by atoms with Gasteiger partial charge in [-0.25, -0.2) is 0 Å². The van der Waals surface area contributed by atoms with Crippen LogP contribution in [0.2, 0.25) is 0 Å². The van der Waals surface area contributed by atoms with Crippen LogP contribution < -0.4 is 0 Å². The zero-order valence-corrected chi connectivity index (χ0v) is 51.6. The first kappa shape index (κ1) is 64.2. The van der Waals surface area contributed by atoms with Gasteiger partial charge in [-0.1, -0.05) is 83.1 Å². The molecule has 0 aromatic rings. The van der Waals surface area contributed by atoms with Crippen LogP contribution in [0.5, 0.6) is 0 Å². The maximum atomic E-state index is 9.09. The van der Waals surface area contributed by atoms with Crippen molar-refractivity contribution in [2.75, 3.05) is 66.4 Å². The van der Waals surface area contributed by atoms with Gasteiger partial charge < -0.3 is 44.8 Å². The molecule has 0 aromatic carbocycles. The highest BCUT2D eigenvalue weighted by atomic mass is 16.6. The highest BCUT2D eigenvalue weighted by Gasteiger charge is 2.52. The van der Waals surface area contributed by atoms with Gasteiger partial charge in [0.25, 0.3) is 0 Å². The third kappa shape index (κ3) is 14.8. The van der Waals surface area contributed by atoms with Gasteiger partial charge in [-0.15, -0.1) is 0 Å². The summed E-state index contributed by atoms with van der Waals surface area (Å²) < 4.78 is 15.6. The standard InChI is InChI=1S/2C12H22O2.C12H22O.C11H20O2.C11H20O.C10H18O/c1-8-9(2)12-6-10(8)5-11(12)7-14-4-3-13;1-8-9(2)12-6-11(8)5-10(12)3-4-14-7-13;1-8-9(2)12-7-11(8)6-10(12)4-3-5-13;1-7-8(2)11-4-9(7)3-10(11)5-13-6-12;1-7-8(2)11-6-10(7)5-9(11)3-4-12;1-6-7(2)10-4-8(6)3-9(10)5-11/h2*8-13H,3-7H2,1-2H3;8-13H,3-7H2,1-2H3;7-12H,3-6H2,1-2H3;7-12H,3-6H2,1-2H3;6-11H,3-5H2,1-2H3. The van der Waals surface area contributed by atoms with E-state index in [2.05, 4.69) is 83.1 Å². The first-order chi connectivity index (χ1) is 36.9. The van der Waals surface area contributed by atoms with Crippen molar-refractivity contribution in [3.8, 4) is 0 Å². The number of fused-ring (bicyclic) bond motifs is 12. The number of aliphatic hydroxyl groups is 6. The largest absolute Gasteiger partial charge is 0.396 e. The molecule has 12 aliphatic rings. The molecule has 30 atom stereocenters. The van der Waals surface area contributed by atoms with Crippen LogP contribution in [0.3, 0.4) is 0 Å². The lowest BCUT2D eigenvalue weighted by molar-refractivity contribution is -0.0320. The zero-order chi connectivity index (χ0) is 55.8. The van der Waals surface area contributed by atoms with E-state index < -0.39 is 0 Å². The molecule has 6 N–H and O–H groups in total. The Morgan fingerprint density at radius 3 is 0.896 bits per heavy atom. The van der Waals surface area contributed by atoms with E-state index in [1.807, 2.05) is 0 Å². The number of hydrogen-bond acceptors (Lipinski definition) is 9. The number of hydrogen-bond donors (Lipinski definition) is 6. The van der Waals surface area contributed by atoms with Crippen LogP contribution in [0.4, 0.5) is 0 Å². The van der Waals surface area contributed by atoms with Crippen LogP contribution in [-0.2, 0) is 14.2 Å². The van der Waals surface area contributed by atoms with E-state index in [4.69, 9.17) is 44.8 Å². The van der Waals surface area contributed by atoms with Crippen LogP contribution in [0.25, 0.3) is 0 Å². The highest BCUT2D eigenvalue weighted by Crippen LogP contribution is 2.60. The SMILES string of the molecule is CC1C2CC(CCCO)C(C2)C1C.CC1C2CC(CCO)C(C2)C1C.CC1C2CC(CCOCO)C(C2)C1C.CC1C2CC(CO)C(C2)C1C.CC1C2CC(COCCO)C(C2)C1C.CC1C2CC(COCO)C(C2)C1C. The summed E-state index contributed by atoms with van der Waals surface area (Å²) in [5.41, 5.74) is 0. The van der Waals surface area contributed by atoms with Crippen LogP contribution in [0, 0.1) is 178 Å². The second kappa shape index (κ2) is 29.9. The molecule has 0 radical (unpaired) electrons. The van der Waals surface area contributed by atoms with Gasteiger partial charge in [0.15, 0.2) is 0 Å². The molecule has 77 heavy (non-hydrogen) atoms. The molecule has 12 bridgehead atoms. The Kier molecular flexibility index (Phi) is 25.0. The summed E-state index contributed by atoms with van der Waals surface area (Å²) in [5.74, 6) is 27.1. The maximum absolute atomic E-state index is 9.09. The summed E-state index contributed by atoms with van der Waals surface area (Å²) in [6.07, 6.45) is 21.4. The molecule has 0 heterocycles. The van der Waals surface area contributed by atoms with E-state index in [0.717, 1.165) is 211 Å². The van der Waals surface area contributed by atoms with Crippen molar-refractivity contribution < 1.29 is 44.8 Å². The Labute approximate surface area is 472 Å². The first-order valence-corrected chi connectivity index (χ1v) is 33.3. The van der Waals surface area contributed by atoms with Crippen molar-refractivity contribution >= 4 is 0 Å². The second-order valence-corrected chi connectivity index (χ2v) is 29.9. The van der Waals surface area contributed by atoms with E-state index in [-0.39, 0.29) is 20.2 Å². The lowest BCUT2D eigenvalue weighted by atomic mass is 9.74. The van der Waals surface area contributed by atoms with Crippen molar-refractivity contribution in [2.24, 2.45) is 178 Å². The Bertz CT molecular complexity index is 1580. The summed E-state index contributed by atoms with van der Waals surface area (Å²) in [5, 5.41) is 52.6. The van der Waals surface area contributed by atoms with Gasteiger partial charge >= 0.3 is 0 Å². The molecule has 12 rings (SSSR count). The van der Waals surface area contributed by atoms with Crippen molar-refractivity contribution in [3.05, 3.63) is 0 Å². The van der Waals surface area contributed by atoms with Gasteiger partial charge in [-0.05, 0) is 280 Å². The lowest BCUT2D eigenvalue weighted by Gasteiger charge is -2.31.